The second kappa shape index (κ2) is 9.92. The summed E-state index contributed by atoms with van der Waals surface area (Å²) in [7, 11) is 0. The Bertz CT molecular complexity index is 832. The van der Waals surface area contributed by atoms with Crippen LogP contribution in [0.25, 0.3) is 0 Å². The average molecular weight is 477 g/mol. The van der Waals surface area contributed by atoms with Gasteiger partial charge in [-0.2, -0.15) is 13.2 Å². The van der Waals surface area contributed by atoms with Crippen LogP contribution in [0.5, 0.6) is 0 Å². The molecule has 2 aliphatic rings. The van der Waals surface area contributed by atoms with Gasteiger partial charge in [-0.15, -0.1) is 0 Å². The molecule has 0 aliphatic carbocycles. The van der Waals surface area contributed by atoms with E-state index in [4.69, 9.17) is 0 Å². The first kappa shape index (κ1) is 25.4. The lowest BCUT2D eigenvalue weighted by Gasteiger charge is -2.33. The van der Waals surface area contributed by atoms with Crippen molar-refractivity contribution in [3.8, 4) is 0 Å². The predicted octanol–water partition coefficient (Wildman–Crippen LogP) is 2.85. The second-order valence-corrected chi connectivity index (χ2v) is 8.90. The first-order valence-electron chi connectivity index (χ1n) is 10.9. The molecule has 1 atom stereocenters. The third-order valence-electron chi connectivity index (χ3n) is 6.15. The third kappa shape index (κ3) is 6.86. The zero-order valence-corrected chi connectivity index (χ0v) is 18.3. The highest BCUT2D eigenvalue weighted by molar-refractivity contribution is 5.94. The number of β-amino-alcohol motifs (C(OH)–C–C–N with tert-alkyl or cyclic N) is 1. The molecule has 184 valence electrons. The molecule has 1 aromatic rings. The quantitative estimate of drug-likeness (QED) is 0.619. The monoisotopic (exact) mass is 477 g/mol. The van der Waals surface area contributed by atoms with Gasteiger partial charge in [-0.3, -0.25) is 14.5 Å². The van der Waals surface area contributed by atoms with Crippen LogP contribution < -0.4 is 5.32 Å². The van der Waals surface area contributed by atoms with Crippen molar-refractivity contribution in [2.24, 2.45) is 5.92 Å². The van der Waals surface area contributed by atoms with Gasteiger partial charge in [0.25, 0.3) is 11.8 Å². The fraction of sp³-hybridized carbons (Fsp3) is 0.636. The van der Waals surface area contributed by atoms with Crippen LogP contribution in [0.4, 0.5) is 22.0 Å². The number of carbonyl (C=O) groups excluding carboxylic acids is 2. The Morgan fingerprint density at radius 3 is 2.21 bits per heavy atom. The molecule has 2 saturated heterocycles. The van der Waals surface area contributed by atoms with Crippen LogP contribution in [0, 0.1) is 5.92 Å². The minimum absolute atomic E-state index is 0.0181. The highest BCUT2D eigenvalue weighted by Gasteiger charge is 2.35. The molecule has 0 saturated carbocycles. The van der Waals surface area contributed by atoms with Gasteiger partial charge in [0.2, 0.25) is 5.91 Å². The molecule has 33 heavy (non-hydrogen) atoms. The Morgan fingerprint density at radius 2 is 1.67 bits per heavy atom. The number of hydrogen-bond donors (Lipinski definition) is 2. The third-order valence-corrected chi connectivity index (χ3v) is 6.15. The number of aliphatic hydroxyl groups is 1. The normalized spacial score (nSPS) is 20.8. The number of likely N-dealkylation sites (tertiary alicyclic amines) is 2. The molecule has 0 spiro atoms. The molecule has 0 bridgehead atoms. The highest BCUT2D eigenvalue weighted by atomic mass is 19.4. The van der Waals surface area contributed by atoms with Crippen LogP contribution >= 0.6 is 0 Å². The number of amides is 2. The fourth-order valence-electron chi connectivity index (χ4n) is 4.15. The molecule has 2 aliphatic heterocycles. The Balaban J connectivity index is 1.53. The first-order valence-corrected chi connectivity index (χ1v) is 10.9. The molecular weight excluding hydrogens is 449 g/mol. The lowest BCUT2D eigenvalue weighted by Crippen LogP contribution is -2.45. The van der Waals surface area contributed by atoms with Crippen molar-refractivity contribution < 1.29 is 36.6 Å². The van der Waals surface area contributed by atoms with E-state index in [0.29, 0.717) is 64.5 Å². The molecule has 2 heterocycles. The minimum atomic E-state index is -4.86. The number of piperidine rings is 1. The summed E-state index contributed by atoms with van der Waals surface area (Å²) in [6.45, 7) is 3.04. The summed E-state index contributed by atoms with van der Waals surface area (Å²) in [4.78, 5) is 28.5. The second-order valence-electron chi connectivity index (χ2n) is 8.90. The van der Waals surface area contributed by atoms with Gasteiger partial charge in [-0.25, -0.2) is 8.78 Å². The summed E-state index contributed by atoms with van der Waals surface area (Å²) >= 11 is 0. The van der Waals surface area contributed by atoms with Crippen molar-refractivity contribution in [1.29, 1.82) is 0 Å². The summed E-state index contributed by atoms with van der Waals surface area (Å²) < 4.78 is 66.6. The molecular formula is C22H28F5N3O3. The van der Waals surface area contributed by atoms with Crippen LogP contribution in [-0.2, 0) is 16.9 Å². The summed E-state index contributed by atoms with van der Waals surface area (Å²) in [6.07, 6.45) is -3.39. The Hall–Kier alpha value is -2.27. The maximum Gasteiger partial charge on any atom is 0.416 e. The van der Waals surface area contributed by atoms with Crippen LogP contribution in [0.3, 0.4) is 0 Å². The van der Waals surface area contributed by atoms with Crippen LogP contribution in [0.15, 0.2) is 18.2 Å². The van der Waals surface area contributed by atoms with E-state index in [0.717, 1.165) is 6.07 Å². The van der Waals surface area contributed by atoms with Gasteiger partial charge >= 0.3 is 6.18 Å². The van der Waals surface area contributed by atoms with Gasteiger partial charge in [-0.1, -0.05) is 0 Å². The molecule has 1 aromatic carbocycles. The van der Waals surface area contributed by atoms with E-state index in [2.05, 4.69) is 5.32 Å². The van der Waals surface area contributed by atoms with Crippen molar-refractivity contribution >= 4 is 11.8 Å². The number of hydrogen-bond acceptors (Lipinski definition) is 4. The Labute approximate surface area is 188 Å². The number of carbonyl (C=O) groups is 2. The van der Waals surface area contributed by atoms with Gasteiger partial charge in [-0.05, 0) is 43.4 Å². The van der Waals surface area contributed by atoms with Crippen molar-refractivity contribution in [3.63, 3.8) is 0 Å². The molecule has 6 nitrogen and oxygen atoms in total. The summed E-state index contributed by atoms with van der Waals surface area (Å²) in [6, 6.07) is 1.70. The van der Waals surface area contributed by atoms with E-state index in [1.54, 1.807) is 4.90 Å². The zero-order chi connectivity index (χ0) is 24.4. The summed E-state index contributed by atoms with van der Waals surface area (Å²) in [5.74, 6) is -4.38. The lowest BCUT2D eigenvalue weighted by atomic mass is 9.96. The standard InChI is InChI=1S/C22H28F5N3O3/c1-21(23,24)16-8-15(9-17(10-16)22(25,26)27)20(33)28-11-14-2-6-30(7-3-14)19(32)13-29-5-4-18(31)12-29/h8-10,14,18,31H,2-7,11-13H2,1H3,(H,28,33)/t18-/m1/s1. The number of alkyl halides is 5. The predicted molar refractivity (Wildman–Crippen MR) is 110 cm³/mol. The van der Waals surface area contributed by atoms with Crippen LogP contribution in [-0.4, -0.2) is 72.1 Å². The summed E-state index contributed by atoms with van der Waals surface area (Å²) in [5, 5.41) is 12.1. The topological polar surface area (TPSA) is 72.9 Å². The SMILES string of the molecule is CC(F)(F)c1cc(C(=O)NCC2CCN(C(=O)CN3CC[C@@H](O)C3)CC2)cc(C(F)(F)F)c1. The fourth-order valence-corrected chi connectivity index (χ4v) is 4.15. The molecule has 11 heteroatoms. The van der Waals surface area contributed by atoms with Crippen LogP contribution in [0.2, 0.25) is 0 Å². The van der Waals surface area contributed by atoms with Gasteiger partial charge in [0.15, 0.2) is 0 Å². The van der Waals surface area contributed by atoms with Crippen molar-refractivity contribution in [2.75, 3.05) is 39.3 Å². The van der Waals surface area contributed by atoms with E-state index >= 15 is 0 Å². The van der Waals surface area contributed by atoms with Gasteiger partial charge in [0.05, 0.1) is 18.2 Å². The number of nitrogens with one attached hydrogen (secondary N) is 1. The summed E-state index contributed by atoms with van der Waals surface area (Å²) in [5.41, 5.74) is -2.65. The number of nitrogens with zero attached hydrogens (tertiary/aromatic N) is 2. The smallest absolute Gasteiger partial charge is 0.392 e. The van der Waals surface area contributed by atoms with Crippen molar-refractivity contribution in [1.82, 2.24) is 15.1 Å². The minimum Gasteiger partial charge on any atom is -0.392 e. The van der Waals surface area contributed by atoms with E-state index < -0.39 is 40.8 Å². The van der Waals surface area contributed by atoms with E-state index in [-0.39, 0.29) is 24.9 Å². The highest BCUT2D eigenvalue weighted by Crippen LogP contribution is 2.35. The lowest BCUT2D eigenvalue weighted by molar-refractivity contribution is -0.138. The van der Waals surface area contributed by atoms with Gasteiger partial charge < -0.3 is 15.3 Å². The van der Waals surface area contributed by atoms with E-state index in [1.165, 1.54) is 0 Å². The van der Waals surface area contributed by atoms with Gasteiger partial charge in [0.1, 0.15) is 0 Å². The Morgan fingerprint density at radius 1 is 1.03 bits per heavy atom. The number of halogens is 5. The maximum absolute atomic E-state index is 13.6. The zero-order valence-electron chi connectivity index (χ0n) is 18.3. The molecule has 0 radical (unpaired) electrons. The maximum atomic E-state index is 13.6. The Kier molecular flexibility index (Phi) is 7.62. The number of benzene rings is 1. The van der Waals surface area contributed by atoms with Crippen molar-refractivity contribution in [3.05, 3.63) is 34.9 Å². The largest absolute Gasteiger partial charge is 0.416 e. The van der Waals surface area contributed by atoms with Crippen molar-refractivity contribution in [2.45, 2.75) is 44.4 Å². The molecule has 2 amide bonds. The van der Waals surface area contributed by atoms with E-state index in [1.807, 2.05) is 4.90 Å². The van der Waals surface area contributed by atoms with Crippen LogP contribution in [0.1, 0.15) is 47.7 Å². The average Bonchev–Trinajstić information content (AvgIpc) is 3.15. The molecule has 0 aromatic heterocycles. The molecule has 0 unspecified atom stereocenters. The number of rotatable bonds is 6. The first-order chi connectivity index (χ1) is 15.3. The molecule has 2 fully saturated rings. The number of aliphatic hydroxyl groups excluding tert-OH is 1. The molecule has 2 N–H and O–H groups in total. The van der Waals surface area contributed by atoms with Gasteiger partial charge in [0, 0.05) is 50.8 Å². The molecule has 3 rings (SSSR count). The van der Waals surface area contributed by atoms with E-state index in [9.17, 15) is 36.6 Å².